The van der Waals surface area contributed by atoms with Crippen molar-refractivity contribution < 1.29 is 53.7 Å². The van der Waals surface area contributed by atoms with Crippen LogP contribution < -0.4 is 14.2 Å². The van der Waals surface area contributed by atoms with Crippen molar-refractivity contribution in [2.24, 2.45) is 0 Å². The second-order valence-corrected chi connectivity index (χ2v) is 11.2. The SMILES string of the molecule is Cc1c(F)c(F)c(Oc2ccnc(Cl)n2)c(F)c1F.Cc1cc(F)c(F)c(Oc2ccnc(Cl)n2)c1F.Cc1cc(F)c(Oc2ccnc(Cl)n2)c(F)c1. The molecule has 0 aliphatic heterocycles. The van der Waals surface area contributed by atoms with E-state index in [1.165, 1.54) is 43.6 Å². The summed E-state index contributed by atoms with van der Waals surface area (Å²) in [7, 11) is 0. The second-order valence-electron chi connectivity index (χ2n) is 10.2. The molecule has 0 radical (unpaired) electrons. The number of ether oxygens (including phenoxy) is 3. The van der Waals surface area contributed by atoms with Gasteiger partial charge in [-0.25, -0.2) is 41.3 Å². The molecule has 0 amide bonds. The standard InChI is InChI=1S/C11H5ClF4N2O.C11H6ClF3N2O.C11H7ClF2N2O/c1-4-6(13)8(15)10(9(16)7(4)14)19-5-2-3-17-11(12)18-5;1-5-4-6(13)9(15)10(8(5)14)18-7-2-3-16-11(12)17-7;1-6-4-7(13)10(8(14)5-6)17-9-2-3-15-11(12)16-9/h2-3H,1H3;2-4H,1H3;2-5H,1H3. The van der Waals surface area contributed by atoms with Gasteiger partial charge in [-0.1, -0.05) is 0 Å². The van der Waals surface area contributed by atoms with Crippen LogP contribution in [0.4, 0.5) is 39.5 Å². The summed E-state index contributed by atoms with van der Waals surface area (Å²) >= 11 is 16.5. The number of aryl methyl sites for hydroxylation is 2. The van der Waals surface area contributed by atoms with Gasteiger partial charge in [0.25, 0.3) is 0 Å². The Balaban J connectivity index is 0.000000181. The Morgan fingerprint density at radius 3 is 1.20 bits per heavy atom. The van der Waals surface area contributed by atoms with Crippen LogP contribution in [-0.4, -0.2) is 29.9 Å². The van der Waals surface area contributed by atoms with Crippen molar-refractivity contribution >= 4 is 34.8 Å². The van der Waals surface area contributed by atoms with E-state index in [1.807, 2.05) is 0 Å². The van der Waals surface area contributed by atoms with Crippen LogP contribution in [0.5, 0.6) is 34.9 Å². The first kappa shape index (κ1) is 41.3. The minimum atomic E-state index is -1.65. The molecular formula is C33H18Cl3F9N6O3. The fourth-order valence-electron chi connectivity index (χ4n) is 3.83. The Labute approximate surface area is 313 Å². The molecule has 0 saturated heterocycles. The quantitative estimate of drug-likeness (QED) is 0.0922. The molecule has 3 aromatic carbocycles. The van der Waals surface area contributed by atoms with E-state index in [2.05, 4.69) is 34.6 Å². The fraction of sp³-hybridized carbons (Fsp3) is 0.0909. The van der Waals surface area contributed by atoms with E-state index in [4.69, 9.17) is 44.3 Å². The van der Waals surface area contributed by atoms with Crippen molar-refractivity contribution in [1.29, 1.82) is 0 Å². The normalized spacial score (nSPS) is 10.5. The van der Waals surface area contributed by atoms with Crippen molar-refractivity contribution in [2.45, 2.75) is 20.8 Å². The van der Waals surface area contributed by atoms with Crippen LogP contribution in [0.25, 0.3) is 0 Å². The molecule has 0 saturated carbocycles. The Morgan fingerprint density at radius 1 is 0.444 bits per heavy atom. The maximum atomic E-state index is 13.6. The van der Waals surface area contributed by atoms with Crippen molar-refractivity contribution in [3.63, 3.8) is 0 Å². The van der Waals surface area contributed by atoms with Crippen LogP contribution >= 0.6 is 34.8 Å². The summed E-state index contributed by atoms with van der Waals surface area (Å²) in [5.74, 6) is -14.7. The predicted octanol–water partition coefficient (Wildman–Crippen LogP) is 10.9. The first-order valence-corrected chi connectivity index (χ1v) is 15.5. The lowest BCUT2D eigenvalue weighted by Crippen LogP contribution is -2.04. The lowest BCUT2D eigenvalue weighted by Gasteiger charge is -2.10. The zero-order valence-corrected chi connectivity index (χ0v) is 29.4. The summed E-state index contributed by atoms with van der Waals surface area (Å²) in [6.45, 7) is 3.78. The van der Waals surface area contributed by atoms with Crippen molar-refractivity contribution in [2.75, 3.05) is 0 Å². The molecule has 6 rings (SSSR count). The highest BCUT2D eigenvalue weighted by molar-refractivity contribution is 6.28. The van der Waals surface area contributed by atoms with Gasteiger partial charge in [-0.2, -0.15) is 28.1 Å². The molecule has 3 heterocycles. The smallest absolute Gasteiger partial charge is 0.225 e. The van der Waals surface area contributed by atoms with Crippen molar-refractivity contribution in [3.05, 3.63) is 140 Å². The zero-order valence-electron chi connectivity index (χ0n) is 27.1. The second kappa shape index (κ2) is 18.0. The molecular weight excluding hydrogens is 806 g/mol. The van der Waals surface area contributed by atoms with Gasteiger partial charge in [0.1, 0.15) is 0 Å². The molecule has 0 unspecified atom stereocenters. The predicted molar refractivity (Wildman–Crippen MR) is 175 cm³/mol. The van der Waals surface area contributed by atoms with Crippen molar-refractivity contribution in [3.8, 4) is 34.9 Å². The van der Waals surface area contributed by atoms with Gasteiger partial charge in [-0.05, 0) is 84.9 Å². The van der Waals surface area contributed by atoms with Gasteiger partial charge in [-0.3, -0.25) is 0 Å². The van der Waals surface area contributed by atoms with E-state index in [9.17, 15) is 39.5 Å². The Morgan fingerprint density at radius 2 is 0.815 bits per heavy atom. The molecule has 9 nitrogen and oxygen atoms in total. The summed E-state index contributed by atoms with van der Waals surface area (Å²) in [6, 6.07) is 6.79. The van der Waals surface area contributed by atoms with Gasteiger partial charge in [0, 0.05) is 42.4 Å². The molecule has 0 N–H and O–H groups in total. The molecule has 0 bridgehead atoms. The number of hydrogen-bond donors (Lipinski definition) is 0. The van der Waals surface area contributed by atoms with Gasteiger partial charge < -0.3 is 14.2 Å². The molecule has 0 aliphatic rings. The Hall–Kier alpha value is -5.46. The number of benzene rings is 3. The Bertz CT molecular complexity index is 2250. The third-order valence-corrected chi connectivity index (χ3v) is 6.85. The largest absolute Gasteiger partial charge is 0.433 e. The average Bonchev–Trinajstić information content (AvgIpc) is 3.11. The van der Waals surface area contributed by atoms with Gasteiger partial charge in [0.15, 0.2) is 34.9 Å². The minimum Gasteiger partial charge on any atom is -0.433 e. The van der Waals surface area contributed by atoms with Gasteiger partial charge >= 0.3 is 0 Å². The van der Waals surface area contributed by atoms with Gasteiger partial charge in [0.2, 0.25) is 68.2 Å². The lowest BCUT2D eigenvalue weighted by molar-refractivity contribution is 0.355. The molecule has 0 atom stereocenters. The Kier molecular flexibility index (Phi) is 13.8. The molecule has 21 heteroatoms. The van der Waals surface area contributed by atoms with E-state index in [-0.39, 0.29) is 39.1 Å². The van der Waals surface area contributed by atoms with Gasteiger partial charge in [-0.15, -0.1) is 0 Å². The number of hydrogen-bond acceptors (Lipinski definition) is 9. The van der Waals surface area contributed by atoms with Crippen LogP contribution in [0, 0.1) is 73.1 Å². The average molecular weight is 824 g/mol. The minimum absolute atomic E-state index is 0.0216. The summed E-state index contributed by atoms with van der Waals surface area (Å²) < 4.78 is 135. The molecule has 6 aromatic rings. The summed E-state index contributed by atoms with van der Waals surface area (Å²) in [4.78, 5) is 21.5. The maximum absolute atomic E-state index is 13.6. The summed E-state index contributed by atoms with van der Waals surface area (Å²) in [5, 5.41) is -0.455. The molecule has 0 fully saturated rings. The topological polar surface area (TPSA) is 105 Å². The van der Waals surface area contributed by atoms with E-state index in [0.717, 1.165) is 25.3 Å². The first-order chi connectivity index (χ1) is 25.5. The number of halogens is 12. The van der Waals surface area contributed by atoms with E-state index >= 15 is 0 Å². The van der Waals surface area contributed by atoms with Gasteiger partial charge in [0.05, 0.1) is 0 Å². The summed E-state index contributed by atoms with van der Waals surface area (Å²) in [5.41, 5.74) is -0.389. The third kappa shape index (κ3) is 10.4. The molecule has 282 valence electrons. The van der Waals surface area contributed by atoms with E-state index in [1.54, 1.807) is 6.92 Å². The number of rotatable bonds is 6. The number of aromatic nitrogens is 6. The van der Waals surface area contributed by atoms with Crippen LogP contribution in [0.3, 0.4) is 0 Å². The first-order valence-electron chi connectivity index (χ1n) is 14.4. The molecule has 54 heavy (non-hydrogen) atoms. The fourth-order valence-corrected chi connectivity index (χ4v) is 4.25. The van der Waals surface area contributed by atoms with Crippen LogP contribution in [0.1, 0.15) is 16.7 Å². The maximum Gasteiger partial charge on any atom is 0.225 e. The van der Waals surface area contributed by atoms with Crippen LogP contribution in [-0.2, 0) is 0 Å². The monoisotopic (exact) mass is 822 g/mol. The molecule has 0 spiro atoms. The van der Waals surface area contributed by atoms with Crippen molar-refractivity contribution in [1.82, 2.24) is 29.9 Å². The van der Waals surface area contributed by atoms with E-state index in [0.29, 0.717) is 5.56 Å². The van der Waals surface area contributed by atoms with E-state index < -0.39 is 75.2 Å². The third-order valence-electron chi connectivity index (χ3n) is 6.30. The molecule has 3 aromatic heterocycles. The highest BCUT2D eigenvalue weighted by atomic mass is 35.5. The summed E-state index contributed by atoms with van der Waals surface area (Å²) in [6.07, 6.45) is 3.72. The molecule has 0 aliphatic carbocycles. The van der Waals surface area contributed by atoms with Crippen LogP contribution in [0.2, 0.25) is 15.9 Å². The number of nitrogens with zero attached hydrogens (tertiary/aromatic N) is 6. The highest BCUT2D eigenvalue weighted by Gasteiger charge is 2.25. The van der Waals surface area contributed by atoms with Crippen LogP contribution in [0.15, 0.2) is 55.0 Å². The highest BCUT2D eigenvalue weighted by Crippen LogP contribution is 2.33. The zero-order chi connectivity index (χ0) is 39.9. The lowest BCUT2D eigenvalue weighted by atomic mass is 10.2.